The van der Waals surface area contributed by atoms with Crippen LogP contribution in [0.5, 0.6) is 0 Å². The SMILES string of the molecule is [CH2]CCCCCC#CC=C. The third-order valence-corrected chi connectivity index (χ3v) is 1.26. The molecule has 55 valence electrons. The molecular formula is C10H15. The maximum atomic E-state index is 3.77. The van der Waals surface area contributed by atoms with Crippen molar-refractivity contribution in [3.05, 3.63) is 19.6 Å². The Bertz CT molecular complexity index is 123. The molecule has 0 unspecified atom stereocenters. The second-order valence-electron chi connectivity index (χ2n) is 2.19. The van der Waals surface area contributed by atoms with Crippen LogP contribution in [-0.4, -0.2) is 0 Å². The smallest absolute Gasteiger partial charge is 0.00922 e. The highest BCUT2D eigenvalue weighted by Gasteiger charge is 1.82. The summed E-state index contributed by atoms with van der Waals surface area (Å²) < 4.78 is 0. The predicted octanol–water partition coefficient (Wildman–Crippen LogP) is 2.96. The van der Waals surface area contributed by atoms with Crippen LogP contribution in [0, 0.1) is 18.8 Å². The molecule has 0 saturated carbocycles. The Balaban J connectivity index is 2.97. The second kappa shape index (κ2) is 8.30. The van der Waals surface area contributed by atoms with Crippen LogP contribution in [0.25, 0.3) is 0 Å². The minimum Gasteiger partial charge on any atom is -0.0985 e. The van der Waals surface area contributed by atoms with Crippen LogP contribution >= 0.6 is 0 Å². The lowest BCUT2D eigenvalue weighted by Gasteiger charge is -1.90. The van der Waals surface area contributed by atoms with Crippen molar-refractivity contribution < 1.29 is 0 Å². The molecule has 0 heteroatoms. The highest BCUT2D eigenvalue weighted by Crippen LogP contribution is 2.00. The Morgan fingerprint density at radius 3 is 2.60 bits per heavy atom. The van der Waals surface area contributed by atoms with E-state index in [-0.39, 0.29) is 0 Å². The molecule has 1 radical (unpaired) electrons. The van der Waals surface area contributed by atoms with Gasteiger partial charge in [-0.3, -0.25) is 0 Å². The molecule has 0 rings (SSSR count). The lowest BCUT2D eigenvalue weighted by molar-refractivity contribution is 0.701. The Labute approximate surface area is 64.3 Å². The first-order valence-electron chi connectivity index (χ1n) is 3.80. The van der Waals surface area contributed by atoms with Gasteiger partial charge in [0, 0.05) is 6.42 Å². The fourth-order valence-corrected chi connectivity index (χ4v) is 0.711. The number of hydrogen-bond acceptors (Lipinski definition) is 0. The fourth-order valence-electron chi connectivity index (χ4n) is 0.711. The molecule has 0 aromatic carbocycles. The highest BCUT2D eigenvalue weighted by atomic mass is 13.9. The van der Waals surface area contributed by atoms with Gasteiger partial charge in [0.15, 0.2) is 0 Å². The molecule has 0 bridgehead atoms. The van der Waals surface area contributed by atoms with Gasteiger partial charge in [-0.15, -0.1) is 0 Å². The number of hydrogen-bond donors (Lipinski definition) is 0. The van der Waals surface area contributed by atoms with Crippen LogP contribution in [0.15, 0.2) is 12.7 Å². The lowest BCUT2D eigenvalue weighted by atomic mass is 10.2. The monoisotopic (exact) mass is 135 g/mol. The van der Waals surface area contributed by atoms with Crippen molar-refractivity contribution in [3.8, 4) is 11.8 Å². The summed E-state index contributed by atoms with van der Waals surface area (Å²) in [6, 6.07) is 0. The molecule has 0 aliphatic carbocycles. The van der Waals surface area contributed by atoms with Gasteiger partial charge in [-0.05, 0) is 12.5 Å². The van der Waals surface area contributed by atoms with Gasteiger partial charge in [0.05, 0.1) is 0 Å². The summed E-state index contributed by atoms with van der Waals surface area (Å²) in [6.45, 7) is 7.28. The maximum Gasteiger partial charge on any atom is 0.00922 e. The van der Waals surface area contributed by atoms with Gasteiger partial charge >= 0.3 is 0 Å². The van der Waals surface area contributed by atoms with Crippen molar-refractivity contribution in [3.63, 3.8) is 0 Å². The van der Waals surface area contributed by atoms with Gasteiger partial charge in [-0.25, -0.2) is 0 Å². The van der Waals surface area contributed by atoms with E-state index in [0.29, 0.717) is 0 Å². The Morgan fingerprint density at radius 2 is 2.00 bits per heavy atom. The molecule has 10 heavy (non-hydrogen) atoms. The minimum atomic E-state index is 1.01. The first-order chi connectivity index (χ1) is 4.91. The van der Waals surface area contributed by atoms with Crippen molar-refractivity contribution >= 4 is 0 Å². The van der Waals surface area contributed by atoms with Gasteiger partial charge in [0.1, 0.15) is 0 Å². The molecule has 0 atom stereocenters. The van der Waals surface area contributed by atoms with E-state index in [1.807, 2.05) is 0 Å². The van der Waals surface area contributed by atoms with Gasteiger partial charge in [0.25, 0.3) is 0 Å². The molecule has 0 amide bonds. The van der Waals surface area contributed by atoms with Crippen LogP contribution in [0.1, 0.15) is 32.1 Å². The molecule has 0 aromatic rings. The predicted molar refractivity (Wildman–Crippen MR) is 46.4 cm³/mol. The second-order valence-corrected chi connectivity index (χ2v) is 2.19. The van der Waals surface area contributed by atoms with Crippen LogP contribution < -0.4 is 0 Å². The normalized spacial score (nSPS) is 8.10. The summed E-state index contributed by atoms with van der Waals surface area (Å²) in [5, 5.41) is 0. The summed E-state index contributed by atoms with van der Waals surface area (Å²) in [4.78, 5) is 0. The molecule has 0 aliphatic rings. The third kappa shape index (κ3) is 7.30. The molecular weight excluding hydrogens is 120 g/mol. The van der Waals surface area contributed by atoms with Crippen molar-refractivity contribution in [2.24, 2.45) is 0 Å². The van der Waals surface area contributed by atoms with Gasteiger partial charge in [0.2, 0.25) is 0 Å². The quantitative estimate of drug-likeness (QED) is 0.410. The van der Waals surface area contributed by atoms with Gasteiger partial charge in [-0.1, -0.05) is 44.6 Å². The zero-order valence-corrected chi connectivity index (χ0v) is 6.53. The molecule has 0 nitrogen and oxygen atoms in total. The molecule has 0 fully saturated rings. The first kappa shape index (κ1) is 9.30. The third-order valence-electron chi connectivity index (χ3n) is 1.26. The summed E-state index contributed by atoms with van der Waals surface area (Å²) in [5.74, 6) is 5.83. The molecule has 0 aromatic heterocycles. The van der Waals surface area contributed by atoms with E-state index in [4.69, 9.17) is 0 Å². The van der Waals surface area contributed by atoms with E-state index in [1.165, 1.54) is 19.3 Å². The van der Waals surface area contributed by atoms with Crippen molar-refractivity contribution in [1.29, 1.82) is 0 Å². The van der Waals surface area contributed by atoms with E-state index in [1.54, 1.807) is 6.08 Å². The average Bonchev–Trinajstić information content (AvgIpc) is 1.97. The van der Waals surface area contributed by atoms with Gasteiger partial charge in [-0.2, -0.15) is 0 Å². The first-order valence-corrected chi connectivity index (χ1v) is 3.80. The van der Waals surface area contributed by atoms with Crippen LogP contribution in [0.3, 0.4) is 0 Å². The molecule has 0 aliphatic heterocycles. The van der Waals surface area contributed by atoms with Crippen molar-refractivity contribution in [1.82, 2.24) is 0 Å². The minimum absolute atomic E-state index is 1.01. The maximum absolute atomic E-state index is 3.77. The highest BCUT2D eigenvalue weighted by molar-refractivity contribution is 5.11. The fraction of sp³-hybridized carbons (Fsp3) is 0.500. The Kier molecular flexibility index (Phi) is 7.72. The van der Waals surface area contributed by atoms with Crippen LogP contribution in [0.4, 0.5) is 0 Å². The van der Waals surface area contributed by atoms with Crippen molar-refractivity contribution in [2.45, 2.75) is 32.1 Å². The van der Waals surface area contributed by atoms with E-state index >= 15 is 0 Å². The summed E-state index contributed by atoms with van der Waals surface area (Å²) in [6.07, 6.45) is 7.39. The molecule has 0 heterocycles. The van der Waals surface area contributed by atoms with Gasteiger partial charge < -0.3 is 0 Å². The number of allylic oxidation sites excluding steroid dienone is 1. The zero-order valence-electron chi connectivity index (χ0n) is 6.53. The zero-order chi connectivity index (χ0) is 7.66. The van der Waals surface area contributed by atoms with E-state index in [2.05, 4.69) is 25.3 Å². The summed E-state index contributed by atoms with van der Waals surface area (Å²) >= 11 is 0. The van der Waals surface area contributed by atoms with E-state index in [9.17, 15) is 0 Å². The molecule has 0 saturated heterocycles. The van der Waals surface area contributed by atoms with Crippen LogP contribution in [-0.2, 0) is 0 Å². The lowest BCUT2D eigenvalue weighted by Crippen LogP contribution is -1.73. The van der Waals surface area contributed by atoms with E-state index in [0.717, 1.165) is 12.8 Å². The number of rotatable bonds is 4. The largest absolute Gasteiger partial charge is 0.0985 e. The topological polar surface area (TPSA) is 0 Å². The summed E-state index contributed by atoms with van der Waals surface area (Å²) in [5.41, 5.74) is 0. The van der Waals surface area contributed by atoms with Crippen LogP contribution in [0.2, 0.25) is 0 Å². The summed E-state index contributed by atoms with van der Waals surface area (Å²) in [7, 11) is 0. The Hall–Kier alpha value is -0.700. The molecule has 0 spiro atoms. The Morgan fingerprint density at radius 1 is 1.20 bits per heavy atom. The average molecular weight is 135 g/mol. The standard InChI is InChI=1S/C10H15/c1-3-5-7-9-10-8-6-4-2/h3H,1-2,4,6,8-10H2. The van der Waals surface area contributed by atoms with Crippen molar-refractivity contribution in [2.75, 3.05) is 0 Å². The number of unbranched alkanes of at least 4 members (excludes halogenated alkanes) is 4. The molecule has 0 N–H and O–H groups in total. The van der Waals surface area contributed by atoms with E-state index < -0.39 is 0 Å².